The summed E-state index contributed by atoms with van der Waals surface area (Å²) in [5.74, 6) is -1.01. The molecular weight excluding hydrogens is 328 g/mol. The molecule has 0 spiro atoms. The van der Waals surface area contributed by atoms with Crippen molar-refractivity contribution < 1.29 is 9.59 Å². The molecule has 0 atom stereocenters. The molecule has 0 bridgehead atoms. The van der Waals surface area contributed by atoms with Gasteiger partial charge in [0.1, 0.15) is 5.69 Å². The highest BCUT2D eigenvalue weighted by Crippen LogP contribution is 2.17. The van der Waals surface area contributed by atoms with Crippen LogP contribution in [0.5, 0.6) is 0 Å². The first-order valence-electron chi connectivity index (χ1n) is 7.11. The van der Waals surface area contributed by atoms with Crippen LogP contribution in [0.2, 0.25) is 5.02 Å². The number of H-pyrrole nitrogens is 1. The van der Waals surface area contributed by atoms with E-state index < -0.39 is 11.8 Å². The molecule has 0 saturated heterocycles. The van der Waals surface area contributed by atoms with Gasteiger partial charge in [-0.15, -0.1) is 0 Å². The number of hydrogen-bond acceptors (Lipinski definition) is 3. The maximum absolute atomic E-state index is 12.1. The monoisotopic (exact) mass is 340 g/mol. The van der Waals surface area contributed by atoms with E-state index in [-0.39, 0.29) is 11.3 Å². The average molecular weight is 341 g/mol. The van der Waals surface area contributed by atoms with Crippen LogP contribution < -0.4 is 10.9 Å². The number of halogens is 1. The Hall–Kier alpha value is -3.12. The first kappa shape index (κ1) is 15.8. The fourth-order valence-corrected chi connectivity index (χ4v) is 2.31. The third-order valence-corrected chi connectivity index (χ3v) is 3.63. The Labute approximate surface area is 142 Å². The minimum Gasteiger partial charge on any atom is -0.272 e. The van der Waals surface area contributed by atoms with Crippen LogP contribution in [0.15, 0.2) is 60.7 Å². The Bertz CT molecular complexity index is 877. The number of carbonyl (C=O) groups is 2. The minimum absolute atomic E-state index is 0.230. The number of hydrazine groups is 1. The third kappa shape index (κ3) is 3.44. The van der Waals surface area contributed by atoms with Gasteiger partial charge in [0.25, 0.3) is 11.8 Å². The Morgan fingerprint density at radius 1 is 0.917 bits per heavy atom. The molecule has 3 N–H and O–H groups in total. The van der Waals surface area contributed by atoms with Crippen LogP contribution in [0.3, 0.4) is 0 Å². The zero-order valence-corrected chi connectivity index (χ0v) is 13.2. The molecule has 0 aliphatic rings. The van der Waals surface area contributed by atoms with Crippen LogP contribution in [-0.4, -0.2) is 22.0 Å². The second-order valence-electron chi connectivity index (χ2n) is 4.92. The summed E-state index contributed by atoms with van der Waals surface area (Å²) in [6.45, 7) is 0. The summed E-state index contributed by atoms with van der Waals surface area (Å²) >= 11 is 5.93. The maximum atomic E-state index is 12.1. The summed E-state index contributed by atoms with van der Waals surface area (Å²) in [6, 6.07) is 17.6. The zero-order valence-electron chi connectivity index (χ0n) is 12.4. The van der Waals surface area contributed by atoms with Crippen molar-refractivity contribution in [1.29, 1.82) is 0 Å². The van der Waals surface area contributed by atoms with Crippen LogP contribution in [-0.2, 0) is 0 Å². The molecule has 0 fully saturated rings. The lowest BCUT2D eigenvalue weighted by molar-refractivity contribution is 0.0844. The second kappa shape index (κ2) is 6.97. The number of nitrogens with zero attached hydrogens (tertiary/aromatic N) is 1. The van der Waals surface area contributed by atoms with Crippen LogP contribution in [0.1, 0.15) is 20.8 Å². The first-order valence-corrected chi connectivity index (χ1v) is 7.49. The van der Waals surface area contributed by atoms with Gasteiger partial charge in [0.2, 0.25) is 0 Å². The van der Waals surface area contributed by atoms with E-state index in [4.69, 9.17) is 11.6 Å². The van der Waals surface area contributed by atoms with Crippen LogP contribution in [0.4, 0.5) is 0 Å². The van der Waals surface area contributed by atoms with Crippen molar-refractivity contribution in [2.75, 3.05) is 0 Å². The number of aromatic nitrogens is 2. The lowest BCUT2D eigenvalue weighted by Crippen LogP contribution is -2.41. The van der Waals surface area contributed by atoms with Gasteiger partial charge in [0.15, 0.2) is 0 Å². The van der Waals surface area contributed by atoms with Gasteiger partial charge in [-0.3, -0.25) is 25.5 Å². The predicted octanol–water partition coefficient (Wildman–Crippen LogP) is 2.80. The van der Waals surface area contributed by atoms with Gasteiger partial charge in [0, 0.05) is 5.56 Å². The molecule has 3 rings (SSSR count). The van der Waals surface area contributed by atoms with Crippen LogP contribution in [0.25, 0.3) is 11.3 Å². The van der Waals surface area contributed by atoms with Crippen molar-refractivity contribution in [3.63, 3.8) is 0 Å². The summed E-state index contributed by atoms with van der Waals surface area (Å²) in [7, 11) is 0. The summed E-state index contributed by atoms with van der Waals surface area (Å²) in [5, 5.41) is 7.03. The number of carbonyl (C=O) groups excluding carboxylic acids is 2. The van der Waals surface area contributed by atoms with Gasteiger partial charge in [-0.1, -0.05) is 54.1 Å². The van der Waals surface area contributed by atoms with Crippen molar-refractivity contribution in [2.24, 2.45) is 0 Å². The van der Waals surface area contributed by atoms with Crippen LogP contribution >= 0.6 is 11.6 Å². The van der Waals surface area contributed by atoms with Gasteiger partial charge >= 0.3 is 0 Å². The van der Waals surface area contributed by atoms with E-state index in [0.717, 1.165) is 5.56 Å². The van der Waals surface area contributed by atoms with Gasteiger partial charge in [0.05, 0.1) is 16.3 Å². The Morgan fingerprint density at radius 3 is 2.33 bits per heavy atom. The SMILES string of the molecule is O=C(NNC(=O)c1ccccc1Cl)c1cc(-c2ccccc2)n[nH]1. The Morgan fingerprint density at radius 2 is 1.58 bits per heavy atom. The normalized spacial score (nSPS) is 10.2. The average Bonchev–Trinajstić information content (AvgIpc) is 3.11. The molecule has 6 nitrogen and oxygen atoms in total. The Balaban J connectivity index is 1.65. The molecule has 24 heavy (non-hydrogen) atoms. The molecule has 2 amide bonds. The second-order valence-corrected chi connectivity index (χ2v) is 5.33. The Kier molecular flexibility index (Phi) is 4.58. The molecule has 3 aromatic rings. The number of nitrogens with one attached hydrogen (secondary N) is 3. The zero-order chi connectivity index (χ0) is 16.9. The first-order chi connectivity index (χ1) is 11.6. The summed E-state index contributed by atoms with van der Waals surface area (Å²) in [4.78, 5) is 24.1. The van der Waals surface area contributed by atoms with Gasteiger partial charge < -0.3 is 0 Å². The van der Waals surface area contributed by atoms with Crippen molar-refractivity contribution in [3.8, 4) is 11.3 Å². The molecule has 2 aromatic carbocycles. The summed E-state index contributed by atoms with van der Waals surface area (Å²) < 4.78 is 0. The van der Waals surface area contributed by atoms with E-state index in [1.165, 1.54) is 0 Å². The standard InChI is InChI=1S/C17H13ClN4O2/c18-13-9-5-4-8-12(13)16(23)21-22-17(24)15-10-14(19-20-15)11-6-2-1-3-7-11/h1-10H,(H,19,20)(H,21,23)(H,22,24). The highest BCUT2D eigenvalue weighted by molar-refractivity contribution is 6.33. The van der Waals surface area contributed by atoms with E-state index >= 15 is 0 Å². The van der Waals surface area contributed by atoms with Crippen molar-refractivity contribution >= 4 is 23.4 Å². The molecule has 0 aliphatic heterocycles. The van der Waals surface area contributed by atoms with Gasteiger partial charge in [-0.25, -0.2) is 0 Å². The number of amides is 2. The van der Waals surface area contributed by atoms with Crippen molar-refractivity contribution in [1.82, 2.24) is 21.0 Å². The molecular formula is C17H13ClN4O2. The summed E-state index contributed by atoms with van der Waals surface area (Å²) in [6.07, 6.45) is 0. The van der Waals surface area contributed by atoms with E-state index in [1.54, 1.807) is 30.3 Å². The smallest absolute Gasteiger partial charge is 0.272 e. The highest BCUT2D eigenvalue weighted by atomic mass is 35.5. The van der Waals surface area contributed by atoms with E-state index in [1.807, 2.05) is 30.3 Å². The number of hydrogen-bond donors (Lipinski definition) is 3. The van der Waals surface area contributed by atoms with E-state index in [0.29, 0.717) is 10.7 Å². The molecule has 7 heteroatoms. The number of rotatable bonds is 3. The van der Waals surface area contributed by atoms with E-state index in [9.17, 15) is 9.59 Å². The molecule has 0 aliphatic carbocycles. The molecule has 1 heterocycles. The quantitative estimate of drug-likeness (QED) is 0.641. The fraction of sp³-hybridized carbons (Fsp3) is 0. The molecule has 0 unspecified atom stereocenters. The van der Waals surface area contributed by atoms with E-state index in [2.05, 4.69) is 21.0 Å². The predicted molar refractivity (Wildman–Crippen MR) is 90.4 cm³/mol. The molecule has 120 valence electrons. The number of benzene rings is 2. The molecule has 0 saturated carbocycles. The summed E-state index contributed by atoms with van der Waals surface area (Å²) in [5.41, 5.74) is 6.66. The van der Waals surface area contributed by atoms with Crippen molar-refractivity contribution in [3.05, 3.63) is 76.9 Å². The maximum Gasteiger partial charge on any atom is 0.287 e. The lowest BCUT2D eigenvalue weighted by Gasteiger charge is -2.07. The largest absolute Gasteiger partial charge is 0.287 e. The van der Waals surface area contributed by atoms with Gasteiger partial charge in [-0.2, -0.15) is 5.10 Å². The molecule has 1 aromatic heterocycles. The van der Waals surface area contributed by atoms with Gasteiger partial charge in [-0.05, 0) is 18.2 Å². The topological polar surface area (TPSA) is 86.9 Å². The fourth-order valence-electron chi connectivity index (χ4n) is 2.09. The number of aromatic amines is 1. The highest BCUT2D eigenvalue weighted by Gasteiger charge is 2.14. The lowest BCUT2D eigenvalue weighted by atomic mass is 10.1. The third-order valence-electron chi connectivity index (χ3n) is 3.30. The van der Waals surface area contributed by atoms with Crippen LogP contribution in [0, 0.1) is 0 Å². The molecule has 0 radical (unpaired) electrons. The minimum atomic E-state index is -0.509. The van der Waals surface area contributed by atoms with Crippen molar-refractivity contribution in [2.45, 2.75) is 0 Å².